The van der Waals surface area contributed by atoms with Crippen molar-refractivity contribution < 1.29 is 9.15 Å². The minimum atomic E-state index is -0.257. The maximum Gasteiger partial charge on any atom is 0.123 e. The molecule has 1 unspecified atom stereocenters. The van der Waals surface area contributed by atoms with Crippen LogP contribution in [0.4, 0.5) is 0 Å². The molecule has 3 heteroatoms. The first-order valence-corrected chi connectivity index (χ1v) is 6.33. The van der Waals surface area contributed by atoms with Crippen molar-refractivity contribution in [2.24, 2.45) is 11.1 Å². The van der Waals surface area contributed by atoms with Gasteiger partial charge in [-0.25, -0.2) is 0 Å². The van der Waals surface area contributed by atoms with Gasteiger partial charge in [0.1, 0.15) is 5.76 Å². The van der Waals surface area contributed by atoms with E-state index in [0.717, 1.165) is 31.4 Å². The zero-order chi connectivity index (χ0) is 12.5. The lowest BCUT2D eigenvalue weighted by molar-refractivity contribution is -0.0830. The van der Waals surface area contributed by atoms with E-state index in [-0.39, 0.29) is 11.6 Å². The van der Waals surface area contributed by atoms with E-state index < -0.39 is 0 Å². The summed E-state index contributed by atoms with van der Waals surface area (Å²) >= 11 is 0. The topological polar surface area (TPSA) is 48.4 Å². The van der Waals surface area contributed by atoms with Crippen LogP contribution in [0.3, 0.4) is 0 Å². The van der Waals surface area contributed by atoms with Gasteiger partial charge >= 0.3 is 0 Å². The number of hydrogen-bond acceptors (Lipinski definition) is 3. The first-order valence-electron chi connectivity index (χ1n) is 6.33. The summed E-state index contributed by atoms with van der Waals surface area (Å²) in [5.41, 5.74) is 6.48. The van der Waals surface area contributed by atoms with Crippen LogP contribution < -0.4 is 5.73 Å². The van der Waals surface area contributed by atoms with Crippen molar-refractivity contribution in [2.75, 3.05) is 7.11 Å². The van der Waals surface area contributed by atoms with E-state index in [1.807, 2.05) is 12.1 Å². The van der Waals surface area contributed by atoms with Crippen molar-refractivity contribution in [1.29, 1.82) is 0 Å². The van der Waals surface area contributed by atoms with Gasteiger partial charge in [-0.3, -0.25) is 0 Å². The van der Waals surface area contributed by atoms with Crippen LogP contribution in [0.2, 0.25) is 0 Å². The van der Waals surface area contributed by atoms with Gasteiger partial charge in [0.25, 0.3) is 0 Å². The van der Waals surface area contributed by atoms with Gasteiger partial charge in [0.2, 0.25) is 0 Å². The van der Waals surface area contributed by atoms with Crippen LogP contribution in [-0.4, -0.2) is 12.7 Å². The monoisotopic (exact) mass is 237 g/mol. The van der Waals surface area contributed by atoms with Gasteiger partial charge in [-0.1, -0.05) is 13.8 Å². The lowest BCUT2D eigenvalue weighted by Gasteiger charge is -2.45. The summed E-state index contributed by atoms with van der Waals surface area (Å²) in [5, 5.41) is 0. The van der Waals surface area contributed by atoms with Gasteiger partial charge in [-0.15, -0.1) is 0 Å². The van der Waals surface area contributed by atoms with Crippen molar-refractivity contribution in [3.63, 3.8) is 0 Å². The zero-order valence-corrected chi connectivity index (χ0v) is 11.0. The Morgan fingerprint density at radius 1 is 1.29 bits per heavy atom. The third-order valence-electron chi connectivity index (χ3n) is 4.27. The Labute approximate surface area is 103 Å². The largest absolute Gasteiger partial charge is 0.468 e. The molecule has 1 aromatic rings. The van der Waals surface area contributed by atoms with Crippen molar-refractivity contribution in [3.8, 4) is 0 Å². The molecule has 1 heterocycles. The SMILES string of the molecule is COC1(C(N)c2ccco2)CCC(C)(C)CC1. The summed E-state index contributed by atoms with van der Waals surface area (Å²) < 4.78 is 11.2. The van der Waals surface area contributed by atoms with E-state index in [2.05, 4.69) is 13.8 Å². The predicted octanol–water partition coefficient (Wildman–Crippen LogP) is 3.26. The quantitative estimate of drug-likeness (QED) is 0.877. The minimum absolute atomic E-state index is 0.168. The van der Waals surface area contributed by atoms with E-state index in [9.17, 15) is 0 Å². The maximum absolute atomic E-state index is 6.33. The van der Waals surface area contributed by atoms with Crippen LogP contribution in [-0.2, 0) is 4.74 Å². The van der Waals surface area contributed by atoms with Crippen molar-refractivity contribution in [2.45, 2.75) is 51.2 Å². The Morgan fingerprint density at radius 3 is 2.41 bits per heavy atom. The molecule has 0 amide bonds. The molecule has 96 valence electrons. The number of methoxy groups -OCH3 is 1. The van der Waals surface area contributed by atoms with Crippen LogP contribution in [0, 0.1) is 5.41 Å². The lowest BCUT2D eigenvalue weighted by Crippen LogP contribution is -2.47. The predicted molar refractivity (Wildman–Crippen MR) is 67.6 cm³/mol. The highest BCUT2D eigenvalue weighted by molar-refractivity contribution is 5.11. The molecule has 0 aromatic carbocycles. The Balaban J connectivity index is 2.16. The second kappa shape index (κ2) is 4.46. The van der Waals surface area contributed by atoms with Gasteiger partial charge in [-0.05, 0) is 43.2 Å². The molecule has 0 radical (unpaired) electrons. The molecule has 1 saturated carbocycles. The molecular formula is C14H23NO2. The summed E-state index contributed by atoms with van der Waals surface area (Å²) in [5.74, 6) is 0.826. The summed E-state index contributed by atoms with van der Waals surface area (Å²) in [6.45, 7) is 4.62. The molecule has 1 aromatic heterocycles. The lowest BCUT2D eigenvalue weighted by atomic mass is 9.68. The van der Waals surface area contributed by atoms with E-state index in [1.165, 1.54) is 0 Å². The van der Waals surface area contributed by atoms with Gasteiger partial charge in [-0.2, -0.15) is 0 Å². The molecular weight excluding hydrogens is 214 g/mol. The smallest absolute Gasteiger partial charge is 0.123 e. The fourth-order valence-corrected chi connectivity index (χ4v) is 2.72. The normalized spacial score (nSPS) is 24.5. The minimum Gasteiger partial charge on any atom is -0.468 e. The Hall–Kier alpha value is -0.800. The molecule has 1 aliphatic carbocycles. The van der Waals surface area contributed by atoms with Crippen molar-refractivity contribution in [3.05, 3.63) is 24.2 Å². The molecule has 3 nitrogen and oxygen atoms in total. The second-order valence-electron chi connectivity index (χ2n) is 5.93. The molecule has 2 rings (SSSR count). The van der Waals surface area contributed by atoms with Gasteiger partial charge in [0, 0.05) is 7.11 Å². The molecule has 1 aliphatic rings. The molecule has 17 heavy (non-hydrogen) atoms. The van der Waals surface area contributed by atoms with E-state index in [4.69, 9.17) is 14.9 Å². The highest BCUT2D eigenvalue weighted by Gasteiger charge is 2.44. The van der Waals surface area contributed by atoms with E-state index in [1.54, 1.807) is 13.4 Å². The van der Waals surface area contributed by atoms with Gasteiger partial charge in [0.15, 0.2) is 0 Å². The fourth-order valence-electron chi connectivity index (χ4n) is 2.72. The highest BCUT2D eigenvalue weighted by atomic mass is 16.5. The van der Waals surface area contributed by atoms with Gasteiger partial charge < -0.3 is 14.9 Å². The zero-order valence-electron chi connectivity index (χ0n) is 11.0. The summed E-state index contributed by atoms with van der Waals surface area (Å²) in [6.07, 6.45) is 5.96. The summed E-state index contributed by atoms with van der Waals surface area (Å²) in [7, 11) is 1.76. The average Bonchev–Trinajstić information content (AvgIpc) is 2.82. The Bertz CT molecular complexity index is 346. The standard InChI is InChI=1S/C14H23NO2/c1-13(2)6-8-14(16-3,9-7-13)12(15)11-5-4-10-17-11/h4-5,10,12H,6-9,15H2,1-3H3. The molecule has 1 atom stereocenters. The Kier molecular flexibility index (Phi) is 3.32. The molecule has 0 aliphatic heterocycles. The molecule has 0 bridgehead atoms. The van der Waals surface area contributed by atoms with Gasteiger partial charge in [0.05, 0.1) is 17.9 Å². The van der Waals surface area contributed by atoms with Crippen molar-refractivity contribution in [1.82, 2.24) is 0 Å². The molecule has 1 fully saturated rings. The second-order valence-corrected chi connectivity index (χ2v) is 5.93. The molecule has 0 spiro atoms. The Morgan fingerprint density at radius 2 is 1.94 bits per heavy atom. The first kappa shape index (κ1) is 12.7. The number of nitrogens with two attached hydrogens (primary N) is 1. The van der Waals surface area contributed by atoms with E-state index >= 15 is 0 Å². The molecule has 0 saturated heterocycles. The number of furan rings is 1. The highest BCUT2D eigenvalue weighted by Crippen LogP contribution is 2.46. The maximum atomic E-state index is 6.33. The number of ether oxygens (including phenoxy) is 1. The third kappa shape index (κ3) is 2.40. The third-order valence-corrected chi connectivity index (χ3v) is 4.27. The first-order chi connectivity index (χ1) is 7.99. The van der Waals surface area contributed by atoms with Crippen LogP contribution in [0.15, 0.2) is 22.8 Å². The fraction of sp³-hybridized carbons (Fsp3) is 0.714. The number of hydrogen-bond donors (Lipinski definition) is 1. The summed E-state index contributed by atoms with van der Waals surface area (Å²) in [4.78, 5) is 0. The van der Waals surface area contributed by atoms with Crippen LogP contribution >= 0.6 is 0 Å². The van der Waals surface area contributed by atoms with E-state index in [0.29, 0.717) is 5.41 Å². The average molecular weight is 237 g/mol. The summed E-state index contributed by atoms with van der Waals surface area (Å²) in [6, 6.07) is 3.65. The van der Waals surface area contributed by atoms with Crippen LogP contribution in [0.5, 0.6) is 0 Å². The van der Waals surface area contributed by atoms with Crippen LogP contribution in [0.25, 0.3) is 0 Å². The molecule has 2 N–H and O–H groups in total. The van der Waals surface area contributed by atoms with Crippen LogP contribution in [0.1, 0.15) is 51.3 Å². The number of rotatable bonds is 3. The van der Waals surface area contributed by atoms with Crippen molar-refractivity contribution >= 4 is 0 Å².